The van der Waals surface area contributed by atoms with Gasteiger partial charge in [0.15, 0.2) is 16.4 Å². The molecule has 1 N–H and O–H groups in total. The van der Waals surface area contributed by atoms with Crippen LogP contribution in [0.1, 0.15) is 29.3 Å². The summed E-state index contributed by atoms with van der Waals surface area (Å²) in [7, 11) is -3.03. The van der Waals surface area contributed by atoms with E-state index in [2.05, 4.69) is 5.32 Å². The molecule has 1 aromatic carbocycles. The number of carbonyl (C=O) groups is 2. The summed E-state index contributed by atoms with van der Waals surface area (Å²) < 4.78 is 27.9. The molecule has 0 spiro atoms. The lowest BCUT2D eigenvalue weighted by molar-refractivity contribution is -0.149. The van der Waals surface area contributed by atoms with Gasteiger partial charge in [-0.1, -0.05) is 36.4 Å². The fourth-order valence-electron chi connectivity index (χ4n) is 3.10. The number of rotatable bonds is 7. The highest BCUT2D eigenvalue weighted by molar-refractivity contribution is 7.91. The molecule has 2 aromatic rings. The van der Waals surface area contributed by atoms with E-state index in [0.717, 1.165) is 10.4 Å². The molecule has 2 heterocycles. The summed E-state index contributed by atoms with van der Waals surface area (Å²) in [5.41, 5.74) is 0.941. The SMILES string of the molecule is O=C(COC(=O)C[C@@H]1CCS(=O)(=O)C1)N[C@@H](c1ccccc1)c1cccs1. The van der Waals surface area contributed by atoms with Crippen molar-refractivity contribution in [2.45, 2.75) is 18.9 Å². The molecule has 1 fully saturated rings. The van der Waals surface area contributed by atoms with Gasteiger partial charge < -0.3 is 10.1 Å². The third-order valence-corrected chi connectivity index (χ3v) is 7.19. The van der Waals surface area contributed by atoms with Gasteiger partial charge in [-0.15, -0.1) is 11.3 Å². The van der Waals surface area contributed by atoms with Crippen LogP contribution in [0.4, 0.5) is 0 Å². The smallest absolute Gasteiger partial charge is 0.306 e. The minimum atomic E-state index is -3.03. The van der Waals surface area contributed by atoms with Crippen LogP contribution in [-0.4, -0.2) is 38.4 Å². The van der Waals surface area contributed by atoms with Crippen LogP contribution in [0.3, 0.4) is 0 Å². The Morgan fingerprint density at radius 3 is 2.59 bits per heavy atom. The van der Waals surface area contributed by atoms with Crippen molar-refractivity contribution < 1.29 is 22.7 Å². The largest absolute Gasteiger partial charge is 0.456 e. The minimum absolute atomic E-state index is 0.0166. The first-order chi connectivity index (χ1) is 12.9. The number of benzene rings is 1. The number of hydrogen-bond acceptors (Lipinski definition) is 6. The number of ether oxygens (including phenoxy) is 1. The van der Waals surface area contributed by atoms with E-state index in [1.165, 1.54) is 11.3 Å². The maximum absolute atomic E-state index is 12.3. The van der Waals surface area contributed by atoms with E-state index in [9.17, 15) is 18.0 Å². The van der Waals surface area contributed by atoms with Crippen molar-refractivity contribution in [3.8, 4) is 0 Å². The van der Waals surface area contributed by atoms with Gasteiger partial charge in [-0.3, -0.25) is 9.59 Å². The van der Waals surface area contributed by atoms with Crippen LogP contribution in [0.25, 0.3) is 0 Å². The first kappa shape index (κ1) is 19.6. The number of thiophene rings is 1. The summed E-state index contributed by atoms with van der Waals surface area (Å²) in [6.07, 6.45) is 0.498. The van der Waals surface area contributed by atoms with Crippen LogP contribution in [-0.2, 0) is 24.2 Å². The number of nitrogens with one attached hydrogen (secondary N) is 1. The van der Waals surface area contributed by atoms with Gasteiger partial charge in [-0.2, -0.15) is 0 Å². The molecule has 0 aliphatic carbocycles. The summed E-state index contributed by atoms with van der Waals surface area (Å²) in [6.45, 7) is -0.382. The lowest BCUT2D eigenvalue weighted by atomic mass is 10.1. The highest BCUT2D eigenvalue weighted by Gasteiger charge is 2.30. The van der Waals surface area contributed by atoms with Gasteiger partial charge in [-0.05, 0) is 29.3 Å². The first-order valence-corrected chi connectivity index (χ1v) is 11.4. The molecule has 0 unspecified atom stereocenters. The third kappa shape index (κ3) is 5.64. The van der Waals surface area contributed by atoms with Crippen molar-refractivity contribution in [2.75, 3.05) is 18.1 Å². The van der Waals surface area contributed by atoms with Gasteiger partial charge in [-0.25, -0.2) is 8.42 Å². The zero-order valence-electron chi connectivity index (χ0n) is 14.7. The Morgan fingerprint density at radius 2 is 1.96 bits per heavy atom. The van der Waals surface area contributed by atoms with E-state index in [0.29, 0.717) is 6.42 Å². The molecule has 2 atom stereocenters. The molecule has 1 amide bonds. The quantitative estimate of drug-likeness (QED) is 0.712. The van der Waals surface area contributed by atoms with Crippen LogP contribution in [0.15, 0.2) is 47.8 Å². The third-order valence-electron chi connectivity index (χ3n) is 4.41. The van der Waals surface area contributed by atoms with Gasteiger partial charge in [0.2, 0.25) is 0 Å². The zero-order chi connectivity index (χ0) is 19.3. The van der Waals surface area contributed by atoms with Gasteiger partial charge in [0.25, 0.3) is 5.91 Å². The molecule has 1 aliphatic rings. The van der Waals surface area contributed by atoms with Crippen LogP contribution in [0.2, 0.25) is 0 Å². The van der Waals surface area contributed by atoms with Crippen molar-refractivity contribution in [3.63, 3.8) is 0 Å². The second-order valence-electron chi connectivity index (χ2n) is 6.56. The number of esters is 1. The average molecular weight is 408 g/mol. The van der Waals surface area contributed by atoms with Crippen LogP contribution < -0.4 is 5.32 Å². The van der Waals surface area contributed by atoms with E-state index in [1.807, 2.05) is 47.8 Å². The number of sulfone groups is 1. The second-order valence-corrected chi connectivity index (χ2v) is 9.77. The molecule has 3 rings (SSSR count). The Balaban J connectivity index is 1.53. The molecule has 0 saturated carbocycles. The highest BCUT2D eigenvalue weighted by atomic mass is 32.2. The van der Waals surface area contributed by atoms with Crippen molar-refractivity contribution in [2.24, 2.45) is 5.92 Å². The predicted molar refractivity (Wildman–Crippen MR) is 103 cm³/mol. The summed E-state index contributed by atoms with van der Waals surface area (Å²) >= 11 is 1.53. The van der Waals surface area contributed by atoms with E-state index >= 15 is 0 Å². The Labute approximate surface area is 162 Å². The molecule has 0 bridgehead atoms. The van der Waals surface area contributed by atoms with E-state index in [4.69, 9.17) is 4.74 Å². The molecule has 6 nitrogen and oxygen atoms in total. The molecule has 1 aromatic heterocycles. The van der Waals surface area contributed by atoms with Crippen molar-refractivity contribution in [1.29, 1.82) is 0 Å². The number of hydrogen-bond donors (Lipinski definition) is 1. The predicted octanol–water partition coefficient (Wildman–Crippen LogP) is 2.32. The second kappa shape index (κ2) is 8.67. The first-order valence-electron chi connectivity index (χ1n) is 8.67. The van der Waals surface area contributed by atoms with Crippen LogP contribution in [0.5, 0.6) is 0 Å². The minimum Gasteiger partial charge on any atom is -0.456 e. The number of carbonyl (C=O) groups excluding carboxylic acids is 2. The standard InChI is InChI=1S/C19H21NO5S2/c21-17(12-25-18(22)11-14-8-10-27(23,24)13-14)20-19(16-7-4-9-26-16)15-5-2-1-3-6-15/h1-7,9,14,19H,8,10-13H2,(H,20,21)/t14-,19-/m0/s1. The van der Waals surface area contributed by atoms with Gasteiger partial charge in [0.1, 0.15) is 0 Å². The lowest BCUT2D eigenvalue weighted by Crippen LogP contribution is -2.33. The fourth-order valence-corrected chi connectivity index (χ4v) is 5.76. The molecule has 1 aliphatic heterocycles. The van der Waals surface area contributed by atoms with Crippen molar-refractivity contribution in [3.05, 3.63) is 58.3 Å². The fraction of sp³-hybridized carbons (Fsp3) is 0.368. The van der Waals surface area contributed by atoms with Gasteiger partial charge >= 0.3 is 5.97 Å². The molecule has 8 heteroatoms. The molecule has 0 radical (unpaired) electrons. The highest BCUT2D eigenvalue weighted by Crippen LogP contribution is 2.26. The average Bonchev–Trinajstić information content (AvgIpc) is 3.28. The monoisotopic (exact) mass is 407 g/mol. The maximum atomic E-state index is 12.3. The zero-order valence-corrected chi connectivity index (χ0v) is 16.3. The van der Waals surface area contributed by atoms with Gasteiger partial charge in [0.05, 0.1) is 17.5 Å². The van der Waals surface area contributed by atoms with Gasteiger partial charge in [0, 0.05) is 11.3 Å². The Hall–Kier alpha value is -2.19. The molecule has 144 valence electrons. The Morgan fingerprint density at radius 1 is 1.19 bits per heavy atom. The molecule has 1 saturated heterocycles. The normalized spacial score (nSPS) is 19.3. The Kier molecular flexibility index (Phi) is 6.28. The van der Waals surface area contributed by atoms with Crippen LogP contribution >= 0.6 is 11.3 Å². The molecular formula is C19H21NO5S2. The van der Waals surface area contributed by atoms with Crippen LogP contribution in [0, 0.1) is 5.92 Å². The summed E-state index contributed by atoms with van der Waals surface area (Å²) in [4.78, 5) is 25.2. The molecular weight excluding hydrogens is 386 g/mol. The van der Waals surface area contributed by atoms with E-state index < -0.39 is 21.7 Å². The van der Waals surface area contributed by atoms with Crippen molar-refractivity contribution >= 4 is 33.1 Å². The molecule has 27 heavy (non-hydrogen) atoms. The van der Waals surface area contributed by atoms with E-state index in [-0.39, 0.29) is 36.5 Å². The summed E-state index contributed by atoms with van der Waals surface area (Å²) in [5, 5.41) is 4.83. The maximum Gasteiger partial charge on any atom is 0.306 e. The summed E-state index contributed by atoms with van der Waals surface area (Å²) in [6, 6.07) is 13.1. The summed E-state index contributed by atoms with van der Waals surface area (Å²) in [5.74, 6) is -1.02. The van der Waals surface area contributed by atoms with Crippen molar-refractivity contribution in [1.82, 2.24) is 5.32 Å². The number of amides is 1. The topological polar surface area (TPSA) is 89.5 Å². The lowest BCUT2D eigenvalue weighted by Gasteiger charge is -2.18. The Bertz CT molecular complexity index is 878. The van der Waals surface area contributed by atoms with E-state index in [1.54, 1.807) is 0 Å².